The summed E-state index contributed by atoms with van der Waals surface area (Å²) in [7, 11) is 0. The van der Waals surface area contributed by atoms with Gasteiger partial charge in [0.1, 0.15) is 11.5 Å². The largest absolute Gasteiger partial charge is 0.457 e. The molecule has 0 bridgehead atoms. The van der Waals surface area contributed by atoms with Crippen molar-refractivity contribution < 1.29 is 22.7 Å². The van der Waals surface area contributed by atoms with E-state index in [9.17, 15) is 18.0 Å². The van der Waals surface area contributed by atoms with E-state index in [2.05, 4.69) is 15.3 Å². The molecule has 2 aromatic carbocycles. The second kappa shape index (κ2) is 9.74. The van der Waals surface area contributed by atoms with E-state index in [1.165, 1.54) is 35.2 Å². The van der Waals surface area contributed by atoms with Crippen molar-refractivity contribution in [1.29, 1.82) is 0 Å². The predicted octanol–water partition coefficient (Wildman–Crippen LogP) is 6.32. The molecule has 4 rings (SSSR count). The average Bonchev–Trinajstić information content (AvgIpc) is 3.28. The molecule has 0 aliphatic carbocycles. The first-order chi connectivity index (χ1) is 16.2. The highest BCUT2D eigenvalue weighted by molar-refractivity contribution is 6.35. The molecule has 174 valence electrons. The molecule has 0 saturated carbocycles. The quantitative estimate of drug-likeness (QED) is 0.332. The minimum absolute atomic E-state index is 0.0963. The summed E-state index contributed by atoms with van der Waals surface area (Å²) in [4.78, 5) is 20.9. The fourth-order valence-electron chi connectivity index (χ4n) is 3.01. The van der Waals surface area contributed by atoms with E-state index in [1.54, 1.807) is 30.5 Å². The molecule has 0 aliphatic heterocycles. The van der Waals surface area contributed by atoms with Gasteiger partial charge in [0.25, 0.3) is 5.91 Å². The molecule has 0 aliphatic rings. The van der Waals surface area contributed by atoms with Crippen LogP contribution < -0.4 is 10.1 Å². The van der Waals surface area contributed by atoms with E-state index in [0.29, 0.717) is 16.6 Å². The highest BCUT2D eigenvalue weighted by Crippen LogP contribution is 2.31. The number of carbonyl (C=O) groups is 1. The van der Waals surface area contributed by atoms with Crippen LogP contribution >= 0.6 is 23.2 Å². The molecule has 1 amide bonds. The van der Waals surface area contributed by atoms with Crippen LogP contribution in [0.5, 0.6) is 11.5 Å². The first-order valence-electron chi connectivity index (χ1n) is 9.78. The third kappa shape index (κ3) is 5.49. The molecule has 1 N–H and O–H groups in total. The van der Waals surface area contributed by atoms with Crippen molar-refractivity contribution in [3.8, 4) is 17.3 Å². The van der Waals surface area contributed by atoms with E-state index in [0.717, 1.165) is 17.7 Å². The number of nitrogens with zero attached hydrogens (tertiary/aromatic N) is 3. The van der Waals surface area contributed by atoms with Crippen molar-refractivity contribution >= 4 is 29.1 Å². The summed E-state index contributed by atoms with van der Waals surface area (Å²) in [5.74, 6) is 0.685. The second-order valence-electron chi connectivity index (χ2n) is 7.03. The first kappa shape index (κ1) is 23.6. The minimum Gasteiger partial charge on any atom is -0.457 e. The van der Waals surface area contributed by atoms with E-state index in [4.69, 9.17) is 27.9 Å². The van der Waals surface area contributed by atoms with Gasteiger partial charge in [-0.15, -0.1) is 0 Å². The average molecular weight is 507 g/mol. The summed E-state index contributed by atoms with van der Waals surface area (Å²) >= 11 is 12.1. The molecule has 0 atom stereocenters. The molecule has 11 heteroatoms. The fourth-order valence-corrected chi connectivity index (χ4v) is 3.48. The molecule has 0 fully saturated rings. The van der Waals surface area contributed by atoms with Crippen LogP contribution in [0.25, 0.3) is 5.82 Å². The first-order valence-corrected chi connectivity index (χ1v) is 10.5. The maximum absolute atomic E-state index is 12.7. The Balaban J connectivity index is 1.38. The highest BCUT2D eigenvalue weighted by Gasteiger charge is 2.30. The number of hydrogen-bond acceptors (Lipinski definition) is 4. The number of halogens is 5. The number of aromatic nitrogens is 3. The van der Waals surface area contributed by atoms with Crippen molar-refractivity contribution in [2.24, 2.45) is 0 Å². The Morgan fingerprint density at radius 1 is 1.00 bits per heavy atom. The van der Waals surface area contributed by atoms with Crippen molar-refractivity contribution in [3.63, 3.8) is 0 Å². The van der Waals surface area contributed by atoms with Crippen LogP contribution in [-0.2, 0) is 12.7 Å². The molecule has 6 nitrogen and oxygen atoms in total. The summed E-state index contributed by atoms with van der Waals surface area (Å²) in [6.45, 7) is 0.202. The van der Waals surface area contributed by atoms with Crippen LogP contribution in [0, 0.1) is 0 Å². The van der Waals surface area contributed by atoms with Gasteiger partial charge in [0.15, 0.2) is 5.82 Å². The van der Waals surface area contributed by atoms with Gasteiger partial charge < -0.3 is 10.1 Å². The number of ether oxygens (including phenoxy) is 1. The lowest BCUT2D eigenvalue weighted by atomic mass is 10.2. The number of amides is 1. The molecule has 0 radical (unpaired) electrons. The lowest BCUT2D eigenvalue weighted by Gasteiger charge is -2.11. The Hall–Kier alpha value is -3.56. The number of alkyl halides is 3. The van der Waals surface area contributed by atoms with Gasteiger partial charge in [-0.05, 0) is 48.0 Å². The van der Waals surface area contributed by atoms with Gasteiger partial charge in [0.2, 0.25) is 5.82 Å². The number of imidazole rings is 1. The molecular formula is C23H15Cl2F3N4O2. The molecule has 0 unspecified atom stereocenters. The fraction of sp³-hybridized carbons (Fsp3) is 0.0870. The Labute approximate surface area is 201 Å². The van der Waals surface area contributed by atoms with Crippen LogP contribution in [0.4, 0.5) is 13.2 Å². The zero-order valence-electron chi connectivity index (χ0n) is 17.2. The third-order valence-corrected chi connectivity index (χ3v) is 5.14. The van der Waals surface area contributed by atoms with Gasteiger partial charge in [-0.3, -0.25) is 9.36 Å². The summed E-state index contributed by atoms with van der Waals surface area (Å²) in [6, 6.07) is 12.7. The maximum atomic E-state index is 12.7. The Bertz CT molecular complexity index is 1310. The van der Waals surface area contributed by atoms with Crippen molar-refractivity contribution in [3.05, 3.63) is 100 Å². The van der Waals surface area contributed by atoms with Crippen LogP contribution in [0.15, 0.2) is 73.2 Å². The summed E-state index contributed by atoms with van der Waals surface area (Å²) in [6.07, 6.45) is 0.0252. The molecule has 0 spiro atoms. The standard InChI is InChI=1S/C23H15Cl2F3N4O2/c24-16-11-19(25)20(30-13-16)32-10-9-29-21(32)22(33)31-12-14-1-5-17(6-2-14)34-18-7-3-15(4-8-18)23(26,27)28/h1-11,13H,12H2,(H,31,33). The molecule has 2 aromatic heterocycles. The van der Waals surface area contributed by atoms with Gasteiger partial charge in [-0.1, -0.05) is 35.3 Å². The van der Waals surface area contributed by atoms with Crippen LogP contribution in [0.1, 0.15) is 21.7 Å². The number of carbonyl (C=O) groups excluding carboxylic acids is 1. The van der Waals surface area contributed by atoms with Gasteiger partial charge in [-0.2, -0.15) is 13.2 Å². The molecule has 2 heterocycles. The number of rotatable bonds is 6. The van der Waals surface area contributed by atoms with Gasteiger partial charge in [0, 0.05) is 25.1 Å². The highest BCUT2D eigenvalue weighted by atomic mass is 35.5. The second-order valence-corrected chi connectivity index (χ2v) is 7.87. The van der Waals surface area contributed by atoms with Crippen molar-refractivity contribution in [2.75, 3.05) is 0 Å². The van der Waals surface area contributed by atoms with Gasteiger partial charge in [-0.25, -0.2) is 9.97 Å². The molecular weight excluding hydrogens is 492 g/mol. The number of benzene rings is 2. The third-order valence-electron chi connectivity index (χ3n) is 4.65. The zero-order chi connectivity index (χ0) is 24.3. The van der Waals surface area contributed by atoms with Crippen LogP contribution in [0.2, 0.25) is 10.0 Å². The Morgan fingerprint density at radius 2 is 1.65 bits per heavy atom. The topological polar surface area (TPSA) is 69.0 Å². The van der Waals surface area contributed by atoms with Crippen LogP contribution in [0.3, 0.4) is 0 Å². The van der Waals surface area contributed by atoms with Crippen molar-refractivity contribution in [1.82, 2.24) is 19.9 Å². The monoisotopic (exact) mass is 506 g/mol. The van der Waals surface area contributed by atoms with E-state index in [1.807, 2.05) is 0 Å². The zero-order valence-corrected chi connectivity index (χ0v) is 18.7. The van der Waals surface area contributed by atoms with Crippen molar-refractivity contribution in [2.45, 2.75) is 12.7 Å². The lowest BCUT2D eigenvalue weighted by molar-refractivity contribution is -0.137. The summed E-state index contributed by atoms with van der Waals surface area (Å²) in [5, 5.41) is 3.40. The summed E-state index contributed by atoms with van der Waals surface area (Å²) < 4.78 is 45.0. The van der Waals surface area contributed by atoms with Gasteiger partial charge in [0.05, 0.1) is 15.6 Å². The summed E-state index contributed by atoms with van der Waals surface area (Å²) in [5.41, 5.74) is 0.0227. The van der Waals surface area contributed by atoms with E-state index >= 15 is 0 Å². The smallest absolute Gasteiger partial charge is 0.416 e. The van der Waals surface area contributed by atoms with E-state index < -0.39 is 17.6 Å². The number of hydrogen-bond donors (Lipinski definition) is 1. The maximum Gasteiger partial charge on any atom is 0.416 e. The SMILES string of the molecule is O=C(NCc1ccc(Oc2ccc(C(F)(F)F)cc2)cc1)c1nccn1-c1ncc(Cl)cc1Cl. The molecule has 4 aromatic rings. The molecule has 0 saturated heterocycles. The van der Waals surface area contributed by atoms with E-state index in [-0.39, 0.29) is 23.1 Å². The molecule has 34 heavy (non-hydrogen) atoms. The normalized spacial score (nSPS) is 11.3. The Morgan fingerprint density at radius 3 is 2.26 bits per heavy atom. The Kier molecular flexibility index (Phi) is 6.76. The number of pyridine rings is 1. The van der Waals surface area contributed by atoms with Gasteiger partial charge >= 0.3 is 6.18 Å². The number of nitrogens with one attached hydrogen (secondary N) is 1. The predicted molar refractivity (Wildman–Crippen MR) is 121 cm³/mol. The lowest BCUT2D eigenvalue weighted by Crippen LogP contribution is -2.26. The van der Waals surface area contributed by atoms with Crippen LogP contribution in [-0.4, -0.2) is 20.4 Å². The minimum atomic E-state index is -4.40.